The molecular weight excluding hydrogens is 354 g/mol. The van der Waals surface area contributed by atoms with Crippen molar-refractivity contribution in [2.45, 2.75) is 65.0 Å². The molecule has 152 valence electrons. The lowest BCUT2D eigenvalue weighted by molar-refractivity contribution is 0.0949. The van der Waals surface area contributed by atoms with E-state index < -0.39 is 0 Å². The number of amides is 1. The number of ether oxygens (including phenoxy) is 1. The van der Waals surface area contributed by atoms with Crippen LogP contribution in [0.1, 0.15) is 65.9 Å². The van der Waals surface area contributed by atoms with Crippen LogP contribution in [0.2, 0.25) is 0 Å². The molecule has 1 aliphatic carbocycles. The summed E-state index contributed by atoms with van der Waals surface area (Å²) in [5.41, 5.74) is 2.27. The summed E-state index contributed by atoms with van der Waals surface area (Å²) in [5.74, 6) is 1.19. The summed E-state index contributed by atoms with van der Waals surface area (Å²) >= 11 is 0. The molecule has 28 heavy (non-hydrogen) atoms. The van der Waals surface area contributed by atoms with Gasteiger partial charge >= 0.3 is 0 Å². The van der Waals surface area contributed by atoms with E-state index in [-0.39, 0.29) is 5.91 Å². The predicted octanol–water partition coefficient (Wildman–Crippen LogP) is 3.91. The van der Waals surface area contributed by atoms with E-state index in [2.05, 4.69) is 15.8 Å². The van der Waals surface area contributed by atoms with Gasteiger partial charge in [-0.15, -0.1) is 0 Å². The van der Waals surface area contributed by atoms with Gasteiger partial charge in [0, 0.05) is 19.1 Å². The molecule has 1 amide bonds. The highest BCUT2D eigenvalue weighted by Crippen LogP contribution is 2.21. The summed E-state index contributed by atoms with van der Waals surface area (Å²) in [7, 11) is 0. The Bertz CT molecular complexity index is 745. The van der Waals surface area contributed by atoms with Gasteiger partial charge in [-0.25, -0.2) is 0 Å². The fourth-order valence-electron chi connectivity index (χ4n) is 3.67. The van der Waals surface area contributed by atoms with E-state index >= 15 is 0 Å². The SMILES string of the molecule is Cc1noc(C)c1COc1ccccc1C(=O)NCCNC1CCCCCC1. The van der Waals surface area contributed by atoms with Crippen LogP contribution in [0.5, 0.6) is 5.75 Å². The van der Waals surface area contributed by atoms with Crippen LogP contribution in [0.3, 0.4) is 0 Å². The van der Waals surface area contributed by atoms with Crippen molar-refractivity contribution < 1.29 is 14.1 Å². The lowest BCUT2D eigenvalue weighted by Gasteiger charge is -2.16. The molecule has 1 saturated carbocycles. The van der Waals surface area contributed by atoms with Crippen molar-refractivity contribution in [3.05, 3.63) is 46.8 Å². The van der Waals surface area contributed by atoms with Gasteiger partial charge in [-0.2, -0.15) is 0 Å². The summed E-state index contributed by atoms with van der Waals surface area (Å²) in [5, 5.41) is 10.5. The Kier molecular flexibility index (Phi) is 7.48. The lowest BCUT2D eigenvalue weighted by atomic mass is 10.1. The number of nitrogens with zero attached hydrogens (tertiary/aromatic N) is 1. The third kappa shape index (κ3) is 5.58. The summed E-state index contributed by atoms with van der Waals surface area (Å²) in [6.45, 7) is 5.47. The molecule has 1 fully saturated rings. The van der Waals surface area contributed by atoms with Gasteiger partial charge in [-0.3, -0.25) is 4.79 Å². The van der Waals surface area contributed by atoms with Gasteiger partial charge in [-0.1, -0.05) is 43.0 Å². The van der Waals surface area contributed by atoms with Crippen LogP contribution in [0, 0.1) is 13.8 Å². The highest BCUT2D eigenvalue weighted by Gasteiger charge is 2.15. The molecule has 0 atom stereocenters. The highest BCUT2D eigenvalue weighted by atomic mass is 16.5. The fraction of sp³-hybridized carbons (Fsp3) is 0.545. The maximum atomic E-state index is 12.6. The molecule has 2 aromatic rings. The minimum absolute atomic E-state index is 0.114. The maximum absolute atomic E-state index is 12.6. The summed E-state index contributed by atoms with van der Waals surface area (Å²) in [6.07, 6.45) is 7.79. The van der Waals surface area contributed by atoms with Crippen molar-refractivity contribution in [3.63, 3.8) is 0 Å². The predicted molar refractivity (Wildman–Crippen MR) is 109 cm³/mol. The molecule has 1 aromatic heterocycles. The maximum Gasteiger partial charge on any atom is 0.255 e. The molecule has 0 unspecified atom stereocenters. The van der Waals surface area contributed by atoms with Crippen LogP contribution in [0.15, 0.2) is 28.8 Å². The quantitative estimate of drug-likeness (QED) is 0.532. The van der Waals surface area contributed by atoms with Crippen LogP contribution >= 0.6 is 0 Å². The molecule has 0 spiro atoms. The zero-order valence-electron chi connectivity index (χ0n) is 16.9. The number of hydrogen-bond acceptors (Lipinski definition) is 5. The van der Waals surface area contributed by atoms with E-state index in [1.165, 1.54) is 38.5 Å². The molecule has 1 aliphatic rings. The smallest absolute Gasteiger partial charge is 0.255 e. The van der Waals surface area contributed by atoms with Gasteiger partial charge < -0.3 is 19.9 Å². The van der Waals surface area contributed by atoms with Crippen molar-refractivity contribution in [3.8, 4) is 5.75 Å². The second kappa shape index (κ2) is 10.3. The van der Waals surface area contributed by atoms with Gasteiger partial charge in [0.15, 0.2) is 0 Å². The molecule has 0 bridgehead atoms. The molecular formula is C22H31N3O3. The third-order valence-corrected chi connectivity index (χ3v) is 5.38. The van der Waals surface area contributed by atoms with Gasteiger partial charge in [0.05, 0.1) is 16.8 Å². The first-order chi connectivity index (χ1) is 13.6. The number of aryl methyl sites for hydroxylation is 2. The normalized spacial score (nSPS) is 15.2. The third-order valence-electron chi connectivity index (χ3n) is 5.38. The van der Waals surface area contributed by atoms with Crippen molar-refractivity contribution in [1.82, 2.24) is 15.8 Å². The van der Waals surface area contributed by atoms with Gasteiger partial charge in [0.25, 0.3) is 5.91 Å². The van der Waals surface area contributed by atoms with E-state index in [0.29, 0.717) is 30.5 Å². The number of rotatable bonds is 8. The Hall–Kier alpha value is -2.34. The molecule has 0 radical (unpaired) electrons. The summed E-state index contributed by atoms with van der Waals surface area (Å²) < 4.78 is 11.1. The number of hydrogen-bond donors (Lipinski definition) is 2. The van der Waals surface area contributed by atoms with E-state index in [0.717, 1.165) is 23.6 Å². The Morgan fingerprint density at radius 1 is 1.14 bits per heavy atom. The van der Waals surface area contributed by atoms with Crippen LogP contribution < -0.4 is 15.4 Å². The van der Waals surface area contributed by atoms with Gasteiger partial charge in [-0.05, 0) is 38.8 Å². The highest BCUT2D eigenvalue weighted by molar-refractivity contribution is 5.96. The molecule has 1 aromatic carbocycles. The van der Waals surface area contributed by atoms with Crippen LogP contribution in [0.25, 0.3) is 0 Å². The zero-order valence-corrected chi connectivity index (χ0v) is 16.9. The van der Waals surface area contributed by atoms with Crippen molar-refractivity contribution in [2.75, 3.05) is 13.1 Å². The molecule has 2 N–H and O–H groups in total. The second-order valence-electron chi connectivity index (χ2n) is 7.49. The number of benzene rings is 1. The Morgan fingerprint density at radius 3 is 2.61 bits per heavy atom. The molecule has 6 heteroatoms. The molecule has 1 heterocycles. The number of para-hydroxylation sites is 1. The number of carbonyl (C=O) groups is 1. The zero-order chi connectivity index (χ0) is 19.8. The van der Waals surface area contributed by atoms with E-state index in [4.69, 9.17) is 9.26 Å². The van der Waals surface area contributed by atoms with Gasteiger partial charge in [0.2, 0.25) is 0 Å². The van der Waals surface area contributed by atoms with Crippen LogP contribution in [0.4, 0.5) is 0 Å². The monoisotopic (exact) mass is 385 g/mol. The van der Waals surface area contributed by atoms with Crippen molar-refractivity contribution in [1.29, 1.82) is 0 Å². The first-order valence-electron chi connectivity index (χ1n) is 10.3. The Morgan fingerprint density at radius 2 is 1.89 bits per heavy atom. The number of carbonyl (C=O) groups excluding carboxylic acids is 1. The Labute approximate surface area is 167 Å². The average Bonchev–Trinajstić information content (AvgIpc) is 2.89. The van der Waals surface area contributed by atoms with Gasteiger partial charge in [0.1, 0.15) is 18.1 Å². The van der Waals surface area contributed by atoms with E-state index in [1.54, 1.807) is 6.07 Å². The number of aromatic nitrogens is 1. The minimum Gasteiger partial charge on any atom is -0.488 e. The van der Waals surface area contributed by atoms with Crippen LogP contribution in [-0.2, 0) is 6.61 Å². The summed E-state index contributed by atoms with van der Waals surface area (Å²) in [6, 6.07) is 7.91. The average molecular weight is 386 g/mol. The second-order valence-corrected chi connectivity index (χ2v) is 7.49. The van der Waals surface area contributed by atoms with E-state index in [1.807, 2.05) is 32.0 Å². The lowest BCUT2D eigenvalue weighted by Crippen LogP contribution is -2.37. The first kappa shape index (κ1) is 20.4. The first-order valence-corrected chi connectivity index (χ1v) is 10.3. The topological polar surface area (TPSA) is 76.4 Å². The summed E-state index contributed by atoms with van der Waals surface area (Å²) in [4.78, 5) is 12.6. The minimum atomic E-state index is -0.114. The van der Waals surface area contributed by atoms with Crippen molar-refractivity contribution in [2.24, 2.45) is 0 Å². The van der Waals surface area contributed by atoms with E-state index in [9.17, 15) is 4.79 Å². The molecule has 0 saturated heterocycles. The molecule has 0 aliphatic heterocycles. The fourth-order valence-corrected chi connectivity index (χ4v) is 3.67. The molecule has 6 nitrogen and oxygen atoms in total. The van der Waals surface area contributed by atoms with Crippen molar-refractivity contribution >= 4 is 5.91 Å². The Balaban J connectivity index is 1.49. The van der Waals surface area contributed by atoms with Crippen LogP contribution in [-0.4, -0.2) is 30.2 Å². The molecule has 3 rings (SSSR count). The largest absolute Gasteiger partial charge is 0.488 e. The standard InChI is InChI=1S/C22H31N3O3/c1-16-20(17(2)28-25-16)15-27-21-12-8-7-11-19(21)22(26)24-14-13-23-18-9-5-3-4-6-10-18/h7-8,11-12,18,23H,3-6,9-10,13-15H2,1-2H3,(H,24,26). The number of nitrogens with one attached hydrogen (secondary N) is 2.